The lowest BCUT2D eigenvalue weighted by atomic mass is 10.2. The van der Waals surface area contributed by atoms with Gasteiger partial charge in [0, 0.05) is 6.54 Å². The number of hydrogen-bond donors (Lipinski definition) is 2. The molecule has 1 aromatic carbocycles. The van der Waals surface area contributed by atoms with Crippen molar-refractivity contribution in [2.45, 2.75) is 0 Å². The van der Waals surface area contributed by atoms with Crippen LogP contribution in [0.25, 0.3) is 0 Å². The molecule has 0 unspecified atom stereocenters. The van der Waals surface area contributed by atoms with Crippen molar-refractivity contribution in [3.05, 3.63) is 36.4 Å². The molecule has 0 aromatic heterocycles. The van der Waals surface area contributed by atoms with Crippen LogP contribution in [0.3, 0.4) is 0 Å². The molecule has 3 N–H and O–H groups in total. The Balaban J connectivity index is 3.02. The standard InChI is InChI=1S/C9H10F2N2/c1-2-5-13-9-7(12)4-3-6(10)8(9)11/h2-4,13H,1,5,12H2. The Kier molecular flexibility index (Phi) is 2.84. The fraction of sp³-hybridized carbons (Fsp3) is 0.111. The van der Waals surface area contributed by atoms with Gasteiger partial charge in [-0.3, -0.25) is 0 Å². The topological polar surface area (TPSA) is 38.0 Å². The first kappa shape index (κ1) is 9.51. The fourth-order valence-corrected chi connectivity index (χ4v) is 0.919. The van der Waals surface area contributed by atoms with Crippen LogP contribution in [0, 0.1) is 11.6 Å². The summed E-state index contributed by atoms with van der Waals surface area (Å²) in [5.41, 5.74) is 5.59. The number of nitrogens with one attached hydrogen (secondary N) is 1. The second-order valence-electron chi connectivity index (χ2n) is 2.50. The molecule has 0 amide bonds. The number of nitrogen functional groups attached to an aromatic ring is 1. The van der Waals surface area contributed by atoms with Crippen molar-refractivity contribution in [2.75, 3.05) is 17.6 Å². The molecule has 0 aliphatic carbocycles. The summed E-state index contributed by atoms with van der Waals surface area (Å²) in [5.74, 6) is -1.87. The number of benzene rings is 1. The third-order valence-electron chi connectivity index (χ3n) is 1.55. The molecule has 0 saturated heterocycles. The minimum absolute atomic E-state index is 0.0140. The summed E-state index contributed by atoms with van der Waals surface area (Å²) >= 11 is 0. The summed E-state index contributed by atoms with van der Waals surface area (Å²) in [7, 11) is 0. The minimum Gasteiger partial charge on any atom is -0.397 e. The third kappa shape index (κ3) is 1.96. The highest BCUT2D eigenvalue weighted by molar-refractivity contribution is 5.66. The van der Waals surface area contributed by atoms with E-state index in [2.05, 4.69) is 11.9 Å². The van der Waals surface area contributed by atoms with Gasteiger partial charge in [0.15, 0.2) is 11.6 Å². The summed E-state index contributed by atoms with van der Waals surface area (Å²) in [6, 6.07) is 2.30. The monoisotopic (exact) mass is 184 g/mol. The van der Waals surface area contributed by atoms with Gasteiger partial charge in [-0.05, 0) is 12.1 Å². The molecule has 0 atom stereocenters. The molecule has 4 heteroatoms. The average molecular weight is 184 g/mol. The number of rotatable bonds is 3. The van der Waals surface area contributed by atoms with Crippen LogP contribution in [0.2, 0.25) is 0 Å². The SMILES string of the molecule is C=CCNc1c(N)ccc(F)c1F. The Hall–Kier alpha value is -1.58. The first-order chi connectivity index (χ1) is 6.16. The Morgan fingerprint density at radius 1 is 1.46 bits per heavy atom. The lowest BCUT2D eigenvalue weighted by molar-refractivity contribution is 0.512. The van der Waals surface area contributed by atoms with Gasteiger partial charge in [0.05, 0.1) is 11.4 Å². The van der Waals surface area contributed by atoms with Crippen LogP contribution in [0.4, 0.5) is 20.2 Å². The molecular weight excluding hydrogens is 174 g/mol. The molecule has 2 nitrogen and oxygen atoms in total. The van der Waals surface area contributed by atoms with Gasteiger partial charge in [0.1, 0.15) is 0 Å². The van der Waals surface area contributed by atoms with E-state index >= 15 is 0 Å². The Labute approximate surface area is 75.1 Å². The number of halogens is 2. The Morgan fingerprint density at radius 3 is 2.77 bits per heavy atom. The van der Waals surface area contributed by atoms with E-state index in [0.717, 1.165) is 6.07 Å². The van der Waals surface area contributed by atoms with Gasteiger partial charge in [-0.1, -0.05) is 6.08 Å². The predicted molar refractivity (Wildman–Crippen MR) is 49.5 cm³/mol. The van der Waals surface area contributed by atoms with Crippen LogP contribution in [0.5, 0.6) is 0 Å². The summed E-state index contributed by atoms with van der Waals surface area (Å²) < 4.78 is 25.7. The summed E-state index contributed by atoms with van der Waals surface area (Å²) in [5, 5.41) is 2.61. The zero-order chi connectivity index (χ0) is 9.84. The molecular formula is C9H10F2N2. The maximum absolute atomic E-state index is 13.0. The van der Waals surface area contributed by atoms with E-state index in [1.807, 2.05) is 0 Å². The highest BCUT2D eigenvalue weighted by Crippen LogP contribution is 2.23. The molecule has 70 valence electrons. The van der Waals surface area contributed by atoms with Crippen molar-refractivity contribution >= 4 is 11.4 Å². The average Bonchev–Trinajstić information content (AvgIpc) is 2.12. The Bertz CT molecular complexity index is 324. The molecule has 0 bridgehead atoms. The van der Waals surface area contributed by atoms with E-state index in [0.29, 0.717) is 6.54 Å². The first-order valence-electron chi connectivity index (χ1n) is 3.75. The lowest BCUT2D eigenvalue weighted by Gasteiger charge is -2.08. The molecule has 0 aliphatic heterocycles. The second-order valence-corrected chi connectivity index (χ2v) is 2.50. The van der Waals surface area contributed by atoms with E-state index in [1.165, 1.54) is 12.1 Å². The van der Waals surface area contributed by atoms with Crippen molar-refractivity contribution in [2.24, 2.45) is 0 Å². The fourth-order valence-electron chi connectivity index (χ4n) is 0.919. The minimum atomic E-state index is -0.957. The summed E-state index contributed by atoms with van der Waals surface area (Å²) in [6.45, 7) is 3.78. The van der Waals surface area contributed by atoms with Crippen molar-refractivity contribution in [3.8, 4) is 0 Å². The van der Waals surface area contributed by atoms with Crippen LogP contribution in [-0.2, 0) is 0 Å². The number of hydrogen-bond acceptors (Lipinski definition) is 2. The van der Waals surface area contributed by atoms with Crippen molar-refractivity contribution in [3.63, 3.8) is 0 Å². The molecule has 0 radical (unpaired) electrons. The lowest BCUT2D eigenvalue weighted by Crippen LogP contribution is -2.05. The highest BCUT2D eigenvalue weighted by Gasteiger charge is 2.10. The van der Waals surface area contributed by atoms with Crippen molar-refractivity contribution < 1.29 is 8.78 Å². The highest BCUT2D eigenvalue weighted by atomic mass is 19.2. The molecule has 1 rings (SSSR count). The van der Waals surface area contributed by atoms with Gasteiger partial charge in [-0.15, -0.1) is 6.58 Å². The zero-order valence-corrected chi connectivity index (χ0v) is 6.98. The van der Waals surface area contributed by atoms with Gasteiger partial charge < -0.3 is 11.1 Å². The van der Waals surface area contributed by atoms with Crippen LogP contribution in [0.15, 0.2) is 24.8 Å². The maximum Gasteiger partial charge on any atom is 0.183 e. The molecule has 0 spiro atoms. The van der Waals surface area contributed by atoms with E-state index in [1.54, 1.807) is 0 Å². The van der Waals surface area contributed by atoms with E-state index in [-0.39, 0.29) is 11.4 Å². The molecule has 0 fully saturated rings. The van der Waals surface area contributed by atoms with E-state index in [4.69, 9.17) is 5.73 Å². The summed E-state index contributed by atoms with van der Waals surface area (Å²) in [4.78, 5) is 0. The zero-order valence-electron chi connectivity index (χ0n) is 6.98. The third-order valence-corrected chi connectivity index (χ3v) is 1.55. The van der Waals surface area contributed by atoms with Gasteiger partial charge >= 0.3 is 0 Å². The molecule has 0 aliphatic rings. The normalized spacial score (nSPS) is 9.69. The molecule has 0 saturated carbocycles. The van der Waals surface area contributed by atoms with Gasteiger partial charge in [-0.2, -0.15) is 0 Å². The summed E-state index contributed by atoms with van der Waals surface area (Å²) in [6.07, 6.45) is 1.53. The van der Waals surface area contributed by atoms with Crippen LogP contribution in [0.1, 0.15) is 0 Å². The predicted octanol–water partition coefficient (Wildman–Crippen LogP) is 2.14. The molecule has 13 heavy (non-hydrogen) atoms. The van der Waals surface area contributed by atoms with Crippen LogP contribution < -0.4 is 11.1 Å². The number of anilines is 2. The molecule has 1 aromatic rings. The molecule has 0 heterocycles. The van der Waals surface area contributed by atoms with Gasteiger partial charge in [0.2, 0.25) is 0 Å². The van der Waals surface area contributed by atoms with Crippen LogP contribution in [-0.4, -0.2) is 6.54 Å². The van der Waals surface area contributed by atoms with Crippen molar-refractivity contribution in [1.82, 2.24) is 0 Å². The van der Waals surface area contributed by atoms with E-state index in [9.17, 15) is 8.78 Å². The van der Waals surface area contributed by atoms with E-state index < -0.39 is 11.6 Å². The number of nitrogens with two attached hydrogens (primary N) is 1. The Morgan fingerprint density at radius 2 is 2.15 bits per heavy atom. The van der Waals surface area contributed by atoms with Gasteiger partial charge in [-0.25, -0.2) is 8.78 Å². The second kappa shape index (κ2) is 3.89. The van der Waals surface area contributed by atoms with Crippen LogP contribution >= 0.6 is 0 Å². The van der Waals surface area contributed by atoms with Crippen molar-refractivity contribution in [1.29, 1.82) is 0 Å². The van der Waals surface area contributed by atoms with Gasteiger partial charge in [0.25, 0.3) is 0 Å². The first-order valence-corrected chi connectivity index (χ1v) is 3.75. The quantitative estimate of drug-likeness (QED) is 0.558. The maximum atomic E-state index is 13.0. The smallest absolute Gasteiger partial charge is 0.183 e. The largest absolute Gasteiger partial charge is 0.397 e.